The van der Waals surface area contributed by atoms with E-state index in [-0.39, 0.29) is 6.10 Å². The summed E-state index contributed by atoms with van der Waals surface area (Å²) in [6.45, 7) is 2.19. The van der Waals surface area contributed by atoms with Gasteiger partial charge in [0.2, 0.25) is 0 Å². The molecule has 2 rings (SSSR count). The van der Waals surface area contributed by atoms with E-state index in [9.17, 15) is 5.11 Å². The van der Waals surface area contributed by atoms with Crippen molar-refractivity contribution in [1.29, 1.82) is 0 Å². The molecule has 0 amide bonds. The molecule has 0 bridgehead atoms. The first-order valence-corrected chi connectivity index (χ1v) is 4.53. The molecule has 1 aromatic rings. The van der Waals surface area contributed by atoms with E-state index in [2.05, 4.69) is 13.0 Å². The molecule has 1 aromatic carbocycles. The molecule has 0 saturated carbocycles. The highest BCUT2D eigenvalue weighted by Gasteiger charge is 2.21. The van der Waals surface area contributed by atoms with Crippen LogP contribution in [0.4, 0.5) is 0 Å². The highest BCUT2D eigenvalue weighted by molar-refractivity contribution is 5.31. The number of hydrogen-bond acceptors (Lipinski definition) is 1. The van der Waals surface area contributed by atoms with Crippen LogP contribution < -0.4 is 0 Å². The van der Waals surface area contributed by atoms with Gasteiger partial charge in [0.05, 0.1) is 6.10 Å². The van der Waals surface area contributed by atoms with Crippen LogP contribution in [0.5, 0.6) is 0 Å². The molecule has 2 atom stereocenters. The number of aliphatic hydroxyl groups excluding tert-OH is 1. The van der Waals surface area contributed by atoms with Crippen LogP contribution in [-0.4, -0.2) is 5.11 Å². The van der Waals surface area contributed by atoms with E-state index in [1.54, 1.807) is 0 Å². The second kappa shape index (κ2) is 2.91. The Morgan fingerprint density at radius 3 is 2.92 bits per heavy atom. The molecule has 0 aliphatic heterocycles. The van der Waals surface area contributed by atoms with Crippen molar-refractivity contribution < 1.29 is 5.11 Å². The summed E-state index contributed by atoms with van der Waals surface area (Å²) in [4.78, 5) is 0. The Balaban J connectivity index is 2.40. The number of hydrogen-bond donors (Lipinski definition) is 1. The fraction of sp³-hybridized carbons (Fsp3) is 0.455. The van der Waals surface area contributed by atoms with Crippen molar-refractivity contribution in [2.45, 2.75) is 25.9 Å². The third-order valence-electron chi connectivity index (χ3n) is 2.61. The molecule has 1 nitrogen and oxygen atoms in total. The van der Waals surface area contributed by atoms with Gasteiger partial charge >= 0.3 is 0 Å². The number of benzene rings is 1. The lowest BCUT2D eigenvalue weighted by molar-refractivity contribution is 0.136. The van der Waals surface area contributed by atoms with Crippen LogP contribution in [0.3, 0.4) is 0 Å². The highest BCUT2D eigenvalue weighted by Crippen LogP contribution is 2.32. The first-order valence-electron chi connectivity index (χ1n) is 4.53. The van der Waals surface area contributed by atoms with Gasteiger partial charge in [-0.25, -0.2) is 0 Å². The maximum absolute atomic E-state index is 9.73. The number of fused-ring (bicyclic) bond motifs is 1. The largest absolute Gasteiger partial charge is 0.388 e. The molecule has 0 fully saturated rings. The van der Waals surface area contributed by atoms with Crippen molar-refractivity contribution in [3.63, 3.8) is 0 Å². The quantitative estimate of drug-likeness (QED) is 0.620. The smallest absolute Gasteiger partial charge is 0.0795 e. The van der Waals surface area contributed by atoms with Crippen molar-refractivity contribution >= 4 is 0 Å². The van der Waals surface area contributed by atoms with Gasteiger partial charge in [0.15, 0.2) is 0 Å². The van der Waals surface area contributed by atoms with Crippen LogP contribution in [0.25, 0.3) is 0 Å². The maximum Gasteiger partial charge on any atom is 0.0795 e. The van der Waals surface area contributed by atoms with E-state index in [1.807, 2.05) is 18.2 Å². The predicted octanol–water partition coefficient (Wildman–Crippen LogP) is 2.30. The lowest BCUT2D eigenvalue weighted by Crippen LogP contribution is -2.15. The summed E-state index contributed by atoms with van der Waals surface area (Å²) in [5, 5.41) is 9.73. The fourth-order valence-electron chi connectivity index (χ4n) is 2.01. The van der Waals surface area contributed by atoms with Crippen LogP contribution in [-0.2, 0) is 6.42 Å². The zero-order chi connectivity index (χ0) is 8.55. The second-order valence-corrected chi connectivity index (χ2v) is 3.76. The third kappa shape index (κ3) is 1.25. The van der Waals surface area contributed by atoms with Gasteiger partial charge in [0.1, 0.15) is 0 Å². The maximum atomic E-state index is 9.73. The summed E-state index contributed by atoms with van der Waals surface area (Å²) in [6, 6.07) is 8.20. The van der Waals surface area contributed by atoms with Crippen LogP contribution in [0.2, 0.25) is 0 Å². The van der Waals surface area contributed by atoms with E-state index in [0.717, 1.165) is 18.4 Å². The summed E-state index contributed by atoms with van der Waals surface area (Å²) in [5.41, 5.74) is 2.46. The van der Waals surface area contributed by atoms with Gasteiger partial charge in [-0.05, 0) is 29.9 Å². The van der Waals surface area contributed by atoms with Crippen LogP contribution in [0.1, 0.15) is 30.6 Å². The summed E-state index contributed by atoms with van der Waals surface area (Å²) >= 11 is 0. The summed E-state index contributed by atoms with van der Waals surface area (Å²) < 4.78 is 0. The zero-order valence-electron chi connectivity index (χ0n) is 7.33. The molecule has 0 heterocycles. The molecule has 1 aliphatic carbocycles. The Bertz CT molecular complexity index is 280. The third-order valence-corrected chi connectivity index (χ3v) is 2.61. The van der Waals surface area contributed by atoms with Crippen LogP contribution in [0, 0.1) is 5.92 Å². The second-order valence-electron chi connectivity index (χ2n) is 3.76. The van der Waals surface area contributed by atoms with Crippen molar-refractivity contribution in [2.75, 3.05) is 0 Å². The molecule has 0 radical (unpaired) electrons. The van der Waals surface area contributed by atoms with Gasteiger partial charge in [-0.2, -0.15) is 0 Å². The van der Waals surface area contributed by atoms with Gasteiger partial charge in [-0.15, -0.1) is 0 Å². The summed E-state index contributed by atoms with van der Waals surface area (Å²) in [6.07, 6.45) is 1.80. The molecule has 64 valence electrons. The van der Waals surface area contributed by atoms with Gasteiger partial charge in [-0.3, -0.25) is 0 Å². The Morgan fingerprint density at radius 2 is 2.08 bits per heavy atom. The molecule has 1 aliphatic rings. The molecule has 1 heteroatoms. The van der Waals surface area contributed by atoms with E-state index in [4.69, 9.17) is 0 Å². The lowest BCUT2D eigenvalue weighted by Gasteiger charge is -2.25. The lowest BCUT2D eigenvalue weighted by atomic mass is 9.83. The molecule has 0 saturated heterocycles. The topological polar surface area (TPSA) is 20.2 Å². The molecular formula is C11H14O. The van der Waals surface area contributed by atoms with Gasteiger partial charge in [0, 0.05) is 0 Å². The van der Waals surface area contributed by atoms with Crippen molar-refractivity contribution in [3.8, 4) is 0 Å². The highest BCUT2D eigenvalue weighted by atomic mass is 16.3. The molecule has 0 unspecified atom stereocenters. The SMILES string of the molecule is C[C@H]1Cc2ccccc2[C@@H](O)C1. The standard InChI is InChI=1S/C11H14O/c1-8-6-9-4-2-3-5-10(9)11(12)7-8/h2-5,8,11-12H,6-7H2,1H3/t8-,11-/m0/s1. The summed E-state index contributed by atoms with van der Waals surface area (Å²) in [5.74, 6) is 0.620. The first kappa shape index (κ1) is 7.81. The average molecular weight is 162 g/mol. The van der Waals surface area contributed by atoms with Crippen LogP contribution >= 0.6 is 0 Å². The Morgan fingerprint density at radius 1 is 1.33 bits per heavy atom. The minimum Gasteiger partial charge on any atom is -0.388 e. The summed E-state index contributed by atoms with van der Waals surface area (Å²) in [7, 11) is 0. The molecule has 0 spiro atoms. The normalized spacial score (nSPS) is 28.2. The van der Waals surface area contributed by atoms with E-state index >= 15 is 0 Å². The van der Waals surface area contributed by atoms with Gasteiger partial charge in [-0.1, -0.05) is 31.2 Å². The number of aliphatic hydroxyl groups is 1. The first-order chi connectivity index (χ1) is 5.77. The Hall–Kier alpha value is -0.820. The molecule has 1 N–H and O–H groups in total. The number of rotatable bonds is 0. The Labute approximate surface area is 73.0 Å². The van der Waals surface area contributed by atoms with Crippen molar-refractivity contribution in [2.24, 2.45) is 5.92 Å². The monoisotopic (exact) mass is 162 g/mol. The van der Waals surface area contributed by atoms with Crippen molar-refractivity contribution in [1.82, 2.24) is 0 Å². The van der Waals surface area contributed by atoms with E-state index in [0.29, 0.717) is 5.92 Å². The van der Waals surface area contributed by atoms with E-state index in [1.165, 1.54) is 5.56 Å². The fourth-order valence-corrected chi connectivity index (χ4v) is 2.01. The van der Waals surface area contributed by atoms with Crippen molar-refractivity contribution in [3.05, 3.63) is 35.4 Å². The van der Waals surface area contributed by atoms with Gasteiger partial charge < -0.3 is 5.11 Å². The van der Waals surface area contributed by atoms with Crippen LogP contribution in [0.15, 0.2) is 24.3 Å². The minimum atomic E-state index is -0.232. The zero-order valence-corrected chi connectivity index (χ0v) is 7.33. The Kier molecular flexibility index (Phi) is 1.89. The van der Waals surface area contributed by atoms with E-state index < -0.39 is 0 Å². The predicted molar refractivity (Wildman–Crippen MR) is 48.9 cm³/mol. The average Bonchev–Trinajstić information content (AvgIpc) is 2.04. The minimum absolute atomic E-state index is 0.232. The molecule has 0 aromatic heterocycles. The molecule has 12 heavy (non-hydrogen) atoms. The molecular weight excluding hydrogens is 148 g/mol. The van der Waals surface area contributed by atoms with Gasteiger partial charge in [0.25, 0.3) is 0 Å².